The number of benzene rings is 2. The van der Waals surface area contributed by atoms with Crippen LogP contribution >= 0.6 is 0 Å². The first-order valence-corrected chi connectivity index (χ1v) is 10.3. The number of rotatable bonds is 3. The van der Waals surface area contributed by atoms with Crippen LogP contribution < -0.4 is 10.6 Å². The van der Waals surface area contributed by atoms with Crippen LogP contribution in [0.1, 0.15) is 42.0 Å². The summed E-state index contributed by atoms with van der Waals surface area (Å²) < 4.78 is 0. The summed E-state index contributed by atoms with van der Waals surface area (Å²) in [4.78, 5) is 15.4. The molecule has 1 aliphatic carbocycles. The van der Waals surface area contributed by atoms with Gasteiger partial charge in [0.2, 0.25) is 5.91 Å². The predicted molar refractivity (Wildman–Crippen MR) is 113 cm³/mol. The molecule has 3 aliphatic rings. The quantitative estimate of drug-likeness (QED) is 0.860. The lowest BCUT2D eigenvalue weighted by Crippen LogP contribution is -2.47. The summed E-state index contributed by atoms with van der Waals surface area (Å²) in [5.41, 5.74) is 6.53. The zero-order valence-electron chi connectivity index (χ0n) is 16.5. The SMILES string of the molecule is CC(NC(=O)[C@@H]1C=C2c3cccc4c3C(CN4)C[C@H]2N(C)C1)c1ccccc1. The van der Waals surface area contributed by atoms with Crippen LogP contribution in [0.5, 0.6) is 0 Å². The Kier molecular flexibility index (Phi) is 4.24. The Morgan fingerprint density at radius 1 is 1.18 bits per heavy atom. The lowest BCUT2D eigenvalue weighted by atomic mass is 9.74. The Morgan fingerprint density at radius 2 is 2.00 bits per heavy atom. The molecule has 0 saturated heterocycles. The van der Waals surface area contributed by atoms with E-state index in [0.29, 0.717) is 12.0 Å². The van der Waals surface area contributed by atoms with E-state index >= 15 is 0 Å². The number of carbonyl (C=O) groups excluding carboxylic acids is 1. The topological polar surface area (TPSA) is 44.4 Å². The van der Waals surface area contributed by atoms with Gasteiger partial charge in [-0.2, -0.15) is 0 Å². The number of hydrogen-bond acceptors (Lipinski definition) is 3. The monoisotopic (exact) mass is 373 g/mol. The van der Waals surface area contributed by atoms with Crippen LogP contribution in [0.25, 0.3) is 5.57 Å². The van der Waals surface area contributed by atoms with Crippen molar-refractivity contribution in [1.29, 1.82) is 0 Å². The first-order chi connectivity index (χ1) is 13.6. The van der Waals surface area contributed by atoms with Crippen molar-refractivity contribution in [3.8, 4) is 0 Å². The first kappa shape index (κ1) is 17.5. The molecule has 2 N–H and O–H groups in total. The van der Waals surface area contributed by atoms with Crippen molar-refractivity contribution in [1.82, 2.24) is 10.2 Å². The summed E-state index contributed by atoms with van der Waals surface area (Å²) in [6.07, 6.45) is 3.37. The van der Waals surface area contributed by atoms with Crippen molar-refractivity contribution < 1.29 is 4.79 Å². The molecule has 0 spiro atoms. The van der Waals surface area contributed by atoms with Gasteiger partial charge in [-0.05, 0) is 48.7 Å². The van der Waals surface area contributed by atoms with Crippen LogP contribution in [-0.2, 0) is 4.79 Å². The molecule has 144 valence electrons. The van der Waals surface area contributed by atoms with Gasteiger partial charge in [0.1, 0.15) is 0 Å². The van der Waals surface area contributed by atoms with Crippen LogP contribution in [0.3, 0.4) is 0 Å². The number of likely N-dealkylation sites (N-methyl/N-ethyl adjacent to an activating group) is 1. The second-order valence-electron chi connectivity index (χ2n) is 8.41. The highest BCUT2D eigenvalue weighted by atomic mass is 16.2. The Hall–Kier alpha value is -2.59. The lowest BCUT2D eigenvalue weighted by molar-refractivity contribution is -0.125. The average molecular weight is 374 g/mol. The second-order valence-corrected chi connectivity index (χ2v) is 8.41. The number of nitrogens with one attached hydrogen (secondary N) is 2. The Morgan fingerprint density at radius 3 is 2.82 bits per heavy atom. The second kappa shape index (κ2) is 6.78. The summed E-state index contributed by atoms with van der Waals surface area (Å²) >= 11 is 0. The molecule has 5 rings (SSSR count). The Balaban J connectivity index is 1.43. The maximum atomic E-state index is 13.1. The van der Waals surface area contributed by atoms with E-state index in [9.17, 15) is 4.79 Å². The maximum Gasteiger partial charge on any atom is 0.228 e. The fourth-order valence-electron chi connectivity index (χ4n) is 5.15. The molecule has 0 saturated carbocycles. The minimum absolute atomic E-state index is 0.0102. The van der Waals surface area contributed by atoms with Gasteiger partial charge in [0, 0.05) is 30.7 Å². The minimum atomic E-state index is -0.121. The fourth-order valence-corrected chi connectivity index (χ4v) is 5.15. The van der Waals surface area contributed by atoms with E-state index in [-0.39, 0.29) is 17.9 Å². The van der Waals surface area contributed by atoms with Crippen molar-refractivity contribution in [2.75, 3.05) is 25.5 Å². The number of amides is 1. The van der Waals surface area contributed by atoms with Gasteiger partial charge in [-0.25, -0.2) is 0 Å². The van der Waals surface area contributed by atoms with E-state index in [2.05, 4.69) is 65.9 Å². The van der Waals surface area contributed by atoms with Crippen LogP contribution in [0.15, 0.2) is 54.6 Å². The van der Waals surface area contributed by atoms with Crippen molar-refractivity contribution in [3.05, 3.63) is 71.3 Å². The third-order valence-corrected chi connectivity index (χ3v) is 6.62. The molecule has 2 aliphatic heterocycles. The van der Waals surface area contributed by atoms with Crippen molar-refractivity contribution >= 4 is 17.2 Å². The van der Waals surface area contributed by atoms with E-state index in [1.165, 1.54) is 22.4 Å². The van der Waals surface area contributed by atoms with Crippen LogP contribution in [0, 0.1) is 5.92 Å². The lowest BCUT2D eigenvalue weighted by Gasteiger charge is -2.42. The van der Waals surface area contributed by atoms with Crippen LogP contribution in [0.4, 0.5) is 5.69 Å². The smallest absolute Gasteiger partial charge is 0.228 e. The van der Waals surface area contributed by atoms with Gasteiger partial charge in [-0.3, -0.25) is 9.69 Å². The molecule has 2 unspecified atom stereocenters. The summed E-state index contributed by atoms with van der Waals surface area (Å²) in [5.74, 6) is 0.574. The normalized spacial score (nSPS) is 26.5. The summed E-state index contributed by atoms with van der Waals surface area (Å²) in [5, 5.41) is 6.78. The van der Waals surface area contributed by atoms with Crippen molar-refractivity contribution in [2.24, 2.45) is 5.92 Å². The number of fused-ring (bicyclic) bond motifs is 2. The fraction of sp³-hybridized carbons (Fsp3) is 0.375. The molecule has 4 nitrogen and oxygen atoms in total. The molecule has 0 radical (unpaired) electrons. The highest BCUT2D eigenvalue weighted by Crippen LogP contribution is 2.48. The summed E-state index contributed by atoms with van der Waals surface area (Å²) in [6.45, 7) is 3.86. The Bertz CT molecular complexity index is 936. The van der Waals surface area contributed by atoms with Gasteiger partial charge in [0.25, 0.3) is 0 Å². The highest BCUT2D eigenvalue weighted by molar-refractivity contribution is 5.87. The molecule has 1 amide bonds. The van der Waals surface area contributed by atoms with E-state index in [1.807, 2.05) is 18.2 Å². The number of hydrogen-bond donors (Lipinski definition) is 2. The van der Waals surface area contributed by atoms with E-state index in [4.69, 9.17) is 0 Å². The molecule has 2 aromatic carbocycles. The van der Waals surface area contributed by atoms with E-state index < -0.39 is 0 Å². The van der Waals surface area contributed by atoms with Gasteiger partial charge in [0.15, 0.2) is 0 Å². The van der Waals surface area contributed by atoms with Gasteiger partial charge >= 0.3 is 0 Å². The van der Waals surface area contributed by atoms with Crippen molar-refractivity contribution in [3.63, 3.8) is 0 Å². The molecule has 4 heteroatoms. The molecule has 4 atom stereocenters. The van der Waals surface area contributed by atoms with Gasteiger partial charge < -0.3 is 10.6 Å². The highest BCUT2D eigenvalue weighted by Gasteiger charge is 2.40. The number of carbonyl (C=O) groups is 1. The number of anilines is 1. The molecular formula is C24H27N3O. The standard InChI is InChI=1S/C24H27N3O/c1-15(16-7-4-3-5-8-16)26-24(28)18-11-20-19-9-6-10-21-23(19)17(13-25-21)12-22(20)27(2)14-18/h3-11,15,17-18,22,25H,12-14H2,1-2H3,(H,26,28)/t15?,17?,18-,22-/m1/s1. The van der Waals surface area contributed by atoms with Gasteiger partial charge in [-0.15, -0.1) is 0 Å². The van der Waals surface area contributed by atoms with Crippen LogP contribution in [0.2, 0.25) is 0 Å². The van der Waals surface area contributed by atoms with Gasteiger partial charge in [-0.1, -0.05) is 48.5 Å². The summed E-state index contributed by atoms with van der Waals surface area (Å²) in [6, 6.07) is 17.1. The zero-order chi connectivity index (χ0) is 19.3. The van der Waals surface area contributed by atoms with E-state index in [1.54, 1.807) is 0 Å². The van der Waals surface area contributed by atoms with Crippen molar-refractivity contribution in [2.45, 2.75) is 31.3 Å². The molecule has 2 aromatic rings. The maximum absolute atomic E-state index is 13.1. The third kappa shape index (κ3) is 2.83. The minimum Gasteiger partial charge on any atom is -0.384 e. The molecular weight excluding hydrogens is 346 g/mol. The molecule has 28 heavy (non-hydrogen) atoms. The van der Waals surface area contributed by atoms with E-state index in [0.717, 1.165) is 25.1 Å². The molecule has 0 fully saturated rings. The number of nitrogens with zero attached hydrogens (tertiary/aromatic N) is 1. The largest absolute Gasteiger partial charge is 0.384 e. The van der Waals surface area contributed by atoms with Gasteiger partial charge in [0.05, 0.1) is 12.0 Å². The molecule has 2 heterocycles. The average Bonchev–Trinajstić information content (AvgIpc) is 3.13. The summed E-state index contributed by atoms with van der Waals surface area (Å²) in [7, 11) is 2.16. The Labute approximate surface area is 166 Å². The predicted octanol–water partition coefficient (Wildman–Crippen LogP) is 3.79. The third-order valence-electron chi connectivity index (χ3n) is 6.62. The zero-order valence-corrected chi connectivity index (χ0v) is 16.5. The molecule has 0 aromatic heterocycles. The van der Waals surface area contributed by atoms with Crippen LogP contribution in [-0.4, -0.2) is 37.0 Å². The molecule has 0 bridgehead atoms. The first-order valence-electron chi connectivity index (χ1n) is 10.3.